The van der Waals surface area contributed by atoms with E-state index in [9.17, 15) is 14.4 Å². The van der Waals surface area contributed by atoms with Crippen LogP contribution in [0.5, 0.6) is 0 Å². The summed E-state index contributed by atoms with van der Waals surface area (Å²) in [6.45, 7) is 2.59. The number of likely N-dealkylation sites (tertiary alicyclic amines) is 1. The second-order valence-corrected chi connectivity index (χ2v) is 6.94. The molecule has 2 atom stereocenters. The Kier molecular flexibility index (Phi) is 5.68. The molecule has 0 saturated carbocycles. The summed E-state index contributed by atoms with van der Waals surface area (Å²) in [5, 5.41) is 5.71. The standard InChI is InChI=1S/C19H25N3O3/c23-17-11-16(6-8-20-17)19(25)21-12-15-7-9-22(13-15)18(24)10-14-4-2-1-3-5-14/h1-5,15-16H,6-13H2,(H,20,23)(H,21,25)/t15-,16?/m0/s1. The first-order chi connectivity index (χ1) is 12.1. The summed E-state index contributed by atoms with van der Waals surface area (Å²) >= 11 is 0. The van der Waals surface area contributed by atoms with Crippen molar-refractivity contribution in [3.05, 3.63) is 35.9 Å². The summed E-state index contributed by atoms with van der Waals surface area (Å²) in [6.07, 6.45) is 2.31. The van der Waals surface area contributed by atoms with Crippen molar-refractivity contribution >= 4 is 17.7 Å². The molecular weight excluding hydrogens is 318 g/mol. The van der Waals surface area contributed by atoms with Gasteiger partial charge in [-0.05, 0) is 24.3 Å². The lowest BCUT2D eigenvalue weighted by molar-refractivity contribution is -0.132. The van der Waals surface area contributed by atoms with Gasteiger partial charge in [0.05, 0.1) is 6.42 Å². The Morgan fingerprint density at radius 3 is 2.76 bits per heavy atom. The zero-order chi connectivity index (χ0) is 17.6. The maximum atomic E-state index is 12.4. The van der Waals surface area contributed by atoms with Crippen LogP contribution in [-0.2, 0) is 20.8 Å². The predicted molar refractivity (Wildman–Crippen MR) is 93.6 cm³/mol. The molecule has 0 spiro atoms. The normalized spacial score (nSPS) is 23.2. The van der Waals surface area contributed by atoms with Crippen molar-refractivity contribution in [2.24, 2.45) is 11.8 Å². The number of carbonyl (C=O) groups excluding carboxylic acids is 3. The van der Waals surface area contributed by atoms with Crippen LogP contribution in [0.2, 0.25) is 0 Å². The molecule has 6 nitrogen and oxygen atoms in total. The van der Waals surface area contributed by atoms with Crippen LogP contribution in [0, 0.1) is 11.8 Å². The summed E-state index contributed by atoms with van der Waals surface area (Å²) in [5.41, 5.74) is 1.03. The fraction of sp³-hybridized carbons (Fsp3) is 0.526. The van der Waals surface area contributed by atoms with E-state index >= 15 is 0 Å². The first-order valence-electron chi connectivity index (χ1n) is 8.98. The van der Waals surface area contributed by atoms with Gasteiger partial charge in [-0.2, -0.15) is 0 Å². The molecule has 3 amide bonds. The summed E-state index contributed by atoms with van der Waals surface area (Å²) < 4.78 is 0. The second kappa shape index (κ2) is 8.14. The molecule has 2 aliphatic heterocycles. The Morgan fingerprint density at radius 2 is 2.00 bits per heavy atom. The zero-order valence-corrected chi connectivity index (χ0v) is 14.4. The van der Waals surface area contributed by atoms with E-state index < -0.39 is 0 Å². The van der Waals surface area contributed by atoms with Crippen LogP contribution in [0.1, 0.15) is 24.8 Å². The number of piperidine rings is 1. The summed E-state index contributed by atoms with van der Waals surface area (Å²) in [7, 11) is 0. The number of rotatable bonds is 5. The molecule has 2 saturated heterocycles. The molecular formula is C19H25N3O3. The molecule has 1 aromatic rings. The van der Waals surface area contributed by atoms with E-state index in [0.717, 1.165) is 18.5 Å². The minimum absolute atomic E-state index is 0.0380. The van der Waals surface area contributed by atoms with Gasteiger partial charge in [-0.1, -0.05) is 30.3 Å². The largest absolute Gasteiger partial charge is 0.356 e. The SMILES string of the molecule is O=C1CC(C(=O)NC[C@@H]2CCN(C(=O)Cc3ccccc3)C2)CCN1. The highest BCUT2D eigenvalue weighted by Gasteiger charge is 2.29. The van der Waals surface area contributed by atoms with Gasteiger partial charge in [-0.15, -0.1) is 0 Å². The lowest BCUT2D eigenvalue weighted by Gasteiger charge is -2.22. The van der Waals surface area contributed by atoms with Gasteiger partial charge in [0.25, 0.3) is 0 Å². The molecule has 2 fully saturated rings. The van der Waals surface area contributed by atoms with Gasteiger partial charge in [-0.3, -0.25) is 14.4 Å². The van der Waals surface area contributed by atoms with Gasteiger partial charge in [0.1, 0.15) is 0 Å². The maximum Gasteiger partial charge on any atom is 0.226 e. The summed E-state index contributed by atoms with van der Waals surface area (Å²) in [5.74, 6) is 0.130. The van der Waals surface area contributed by atoms with Crippen LogP contribution in [0.15, 0.2) is 30.3 Å². The average Bonchev–Trinajstić information content (AvgIpc) is 3.10. The fourth-order valence-corrected chi connectivity index (χ4v) is 3.50. The molecule has 0 radical (unpaired) electrons. The first kappa shape index (κ1) is 17.5. The van der Waals surface area contributed by atoms with Crippen molar-refractivity contribution in [1.82, 2.24) is 15.5 Å². The Bertz CT molecular complexity index is 632. The topological polar surface area (TPSA) is 78.5 Å². The minimum Gasteiger partial charge on any atom is -0.356 e. The Balaban J connectivity index is 1.41. The van der Waals surface area contributed by atoms with Crippen LogP contribution in [-0.4, -0.2) is 48.8 Å². The fourth-order valence-electron chi connectivity index (χ4n) is 3.50. The number of hydrogen-bond acceptors (Lipinski definition) is 3. The van der Waals surface area contributed by atoms with Gasteiger partial charge in [0, 0.05) is 38.5 Å². The molecule has 2 heterocycles. The van der Waals surface area contributed by atoms with Gasteiger partial charge in [0.15, 0.2) is 0 Å². The molecule has 1 aromatic carbocycles. The molecule has 0 bridgehead atoms. The van der Waals surface area contributed by atoms with E-state index in [1.165, 1.54) is 0 Å². The zero-order valence-electron chi connectivity index (χ0n) is 14.4. The summed E-state index contributed by atoms with van der Waals surface area (Å²) in [4.78, 5) is 37.8. The van der Waals surface area contributed by atoms with E-state index in [-0.39, 0.29) is 30.1 Å². The van der Waals surface area contributed by atoms with Crippen molar-refractivity contribution in [3.63, 3.8) is 0 Å². The second-order valence-electron chi connectivity index (χ2n) is 6.94. The van der Waals surface area contributed by atoms with Crippen LogP contribution in [0.4, 0.5) is 0 Å². The number of carbonyl (C=O) groups is 3. The smallest absolute Gasteiger partial charge is 0.226 e. The maximum absolute atomic E-state index is 12.4. The van der Waals surface area contributed by atoms with Crippen molar-refractivity contribution in [2.75, 3.05) is 26.2 Å². The molecule has 25 heavy (non-hydrogen) atoms. The highest BCUT2D eigenvalue weighted by atomic mass is 16.2. The van der Waals surface area contributed by atoms with Crippen molar-refractivity contribution < 1.29 is 14.4 Å². The van der Waals surface area contributed by atoms with Crippen molar-refractivity contribution in [3.8, 4) is 0 Å². The highest BCUT2D eigenvalue weighted by Crippen LogP contribution is 2.18. The Labute approximate surface area is 148 Å². The Morgan fingerprint density at radius 1 is 1.20 bits per heavy atom. The van der Waals surface area contributed by atoms with Crippen LogP contribution in [0.25, 0.3) is 0 Å². The van der Waals surface area contributed by atoms with Gasteiger partial charge in [0.2, 0.25) is 17.7 Å². The first-order valence-corrected chi connectivity index (χ1v) is 8.98. The monoisotopic (exact) mass is 343 g/mol. The van der Waals surface area contributed by atoms with E-state index in [0.29, 0.717) is 38.4 Å². The number of nitrogens with one attached hydrogen (secondary N) is 2. The quantitative estimate of drug-likeness (QED) is 0.827. The van der Waals surface area contributed by atoms with E-state index in [4.69, 9.17) is 0 Å². The van der Waals surface area contributed by atoms with E-state index in [1.54, 1.807) is 0 Å². The summed E-state index contributed by atoms with van der Waals surface area (Å²) in [6, 6.07) is 9.75. The number of nitrogens with zero attached hydrogens (tertiary/aromatic N) is 1. The molecule has 2 N–H and O–H groups in total. The lowest BCUT2D eigenvalue weighted by Crippen LogP contribution is -2.42. The van der Waals surface area contributed by atoms with Crippen molar-refractivity contribution in [1.29, 1.82) is 0 Å². The third-order valence-electron chi connectivity index (χ3n) is 5.02. The molecule has 0 aliphatic carbocycles. The number of hydrogen-bond donors (Lipinski definition) is 2. The van der Waals surface area contributed by atoms with Gasteiger partial charge in [-0.25, -0.2) is 0 Å². The van der Waals surface area contributed by atoms with Gasteiger partial charge >= 0.3 is 0 Å². The Hall–Kier alpha value is -2.37. The third kappa shape index (κ3) is 4.81. The van der Waals surface area contributed by atoms with Crippen LogP contribution >= 0.6 is 0 Å². The number of amides is 3. The van der Waals surface area contributed by atoms with E-state index in [2.05, 4.69) is 10.6 Å². The third-order valence-corrected chi connectivity index (χ3v) is 5.02. The number of benzene rings is 1. The van der Waals surface area contributed by atoms with Gasteiger partial charge < -0.3 is 15.5 Å². The van der Waals surface area contributed by atoms with Crippen LogP contribution in [0.3, 0.4) is 0 Å². The van der Waals surface area contributed by atoms with E-state index in [1.807, 2.05) is 35.2 Å². The van der Waals surface area contributed by atoms with Crippen molar-refractivity contribution in [2.45, 2.75) is 25.7 Å². The lowest BCUT2D eigenvalue weighted by atomic mass is 9.96. The minimum atomic E-state index is -0.217. The molecule has 3 rings (SSSR count). The highest BCUT2D eigenvalue weighted by molar-refractivity contribution is 5.86. The molecule has 1 unspecified atom stereocenters. The molecule has 2 aliphatic rings. The molecule has 0 aromatic heterocycles. The average molecular weight is 343 g/mol. The predicted octanol–water partition coefficient (Wildman–Crippen LogP) is 0.720. The van der Waals surface area contributed by atoms with Crippen LogP contribution < -0.4 is 10.6 Å². The molecule has 6 heteroatoms. The molecule has 134 valence electrons.